The third-order valence-electron chi connectivity index (χ3n) is 4.57. The molecule has 1 aliphatic rings. The van der Waals surface area contributed by atoms with Crippen LogP contribution in [0.3, 0.4) is 0 Å². The van der Waals surface area contributed by atoms with Gasteiger partial charge in [-0.15, -0.1) is 24.0 Å². The minimum atomic E-state index is 0. The molecule has 2 rings (SSSR count). The molecule has 5 nitrogen and oxygen atoms in total. The Labute approximate surface area is 176 Å². The second kappa shape index (κ2) is 13.3. The summed E-state index contributed by atoms with van der Waals surface area (Å²) in [6.45, 7) is 9.76. The van der Waals surface area contributed by atoms with Gasteiger partial charge in [0.2, 0.25) is 0 Å². The molecule has 1 aliphatic carbocycles. The summed E-state index contributed by atoms with van der Waals surface area (Å²) in [5.41, 5.74) is 1.33. The van der Waals surface area contributed by atoms with Crippen molar-refractivity contribution >= 4 is 29.9 Å². The third-order valence-corrected chi connectivity index (χ3v) is 4.57. The van der Waals surface area contributed by atoms with Crippen molar-refractivity contribution in [2.75, 3.05) is 46.4 Å². The first-order valence-corrected chi connectivity index (χ1v) is 9.54. The van der Waals surface area contributed by atoms with Crippen LogP contribution in [0.4, 0.5) is 0 Å². The van der Waals surface area contributed by atoms with Crippen LogP contribution in [0.25, 0.3) is 0 Å². The Kier molecular flexibility index (Phi) is 11.9. The largest absolute Gasteiger partial charge is 0.383 e. The van der Waals surface area contributed by atoms with E-state index in [2.05, 4.69) is 59.7 Å². The highest BCUT2D eigenvalue weighted by molar-refractivity contribution is 14.0. The summed E-state index contributed by atoms with van der Waals surface area (Å²) >= 11 is 0. The fraction of sp³-hybridized carbons (Fsp3) is 0.650. The number of hydrogen-bond donors (Lipinski definition) is 2. The smallest absolute Gasteiger partial charge is 0.191 e. The fourth-order valence-electron chi connectivity index (χ4n) is 2.90. The first-order valence-electron chi connectivity index (χ1n) is 9.54. The van der Waals surface area contributed by atoms with Gasteiger partial charge < -0.3 is 15.4 Å². The Morgan fingerprint density at radius 3 is 2.58 bits per heavy atom. The molecule has 148 valence electrons. The molecule has 1 fully saturated rings. The highest BCUT2D eigenvalue weighted by Gasteiger charge is 2.28. The van der Waals surface area contributed by atoms with Crippen LogP contribution in [0.2, 0.25) is 0 Å². The zero-order chi connectivity index (χ0) is 17.9. The van der Waals surface area contributed by atoms with Crippen LogP contribution in [0.15, 0.2) is 35.3 Å². The number of nitrogens with one attached hydrogen (secondary N) is 2. The number of hydrogen-bond acceptors (Lipinski definition) is 3. The Morgan fingerprint density at radius 2 is 1.96 bits per heavy atom. The molecule has 0 aromatic heterocycles. The summed E-state index contributed by atoms with van der Waals surface area (Å²) in [5.74, 6) is 1.33. The minimum Gasteiger partial charge on any atom is -0.383 e. The van der Waals surface area contributed by atoms with E-state index in [1.165, 1.54) is 18.4 Å². The van der Waals surface area contributed by atoms with Crippen LogP contribution in [0.1, 0.15) is 38.2 Å². The van der Waals surface area contributed by atoms with E-state index in [1.807, 2.05) is 0 Å². The maximum atomic E-state index is 5.23. The summed E-state index contributed by atoms with van der Waals surface area (Å²) in [7, 11) is 1.77. The van der Waals surface area contributed by atoms with Gasteiger partial charge in [-0.2, -0.15) is 0 Å². The summed E-state index contributed by atoms with van der Waals surface area (Å²) in [4.78, 5) is 7.28. The van der Waals surface area contributed by atoms with Gasteiger partial charge in [0, 0.05) is 51.8 Å². The fourth-order valence-corrected chi connectivity index (χ4v) is 2.90. The van der Waals surface area contributed by atoms with E-state index in [-0.39, 0.29) is 24.0 Å². The number of rotatable bonds is 11. The van der Waals surface area contributed by atoms with Crippen LogP contribution >= 0.6 is 24.0 Å². The van der Waals surface area contributed by atoms with Crippen molar-refractivity contribution in [2.24, 2.45) is 4.99 Å². The van der Waals surface area contributed by atoms with Crippen molar-refractivity contribution in [2.45, 2.75) is 38.6 Å². The number of benzene rings is 1. The van der Waals surface area contributed by atoms with E-state index < -0.39 is 0 Å². The van der Waals surface area contributed by atoms with Crippen molar-refractivity contribution < 1.29 is 4.74 Å². The molecule has 6 heteroatoms. The molecule has 26 heavy (non-hydrogen) atoms. The lowest BCUT2D eigenvalue weighted by atomic mass is 10.0. The van der Waals surface area contributed by atoms with Crippen LogP contribution in [-0.4, -0.2) is 63.3 Å². The number of guanidine groups is 1. The van der Waals surface area contributed by atoms with Gasteiger partial charge in [-0.25, -0.2) is 0 Å². The van der Waals surface area contributed by atoms with Crippen molar-refractivity contribution in [3.63, 3.8) is 0 Å². The highest BCUT2D eigenvalue weighted by Crippen LogP contribution is 2.25. The predicted octanol–water partition coefficient (Wildman–Crippen LogP) is 3.07. The summed E-state index contributed by atoms with van der Waals surface area (Å²) < 4.78 is 5.23. The Morgan fingerprint density at radius 1 is 1.23 bits per heavy atom. The number of aliphatic imine (C=N–C) groups is 1. The van der Waals surface area contributed by atoms with Crippen molar-refractivity contribution in [1.82, 2.24) is 15.5 Å². The predicted molar refractivity (Wildman–Crippen MR) is 121 cm³/mol. The normalized spacial score (nSPS) is 15.5. The van der Waals surface area contributed by atoms with Crippen LogP contribution < -0.4 is 10.6 Å². The maximum Gasteiger partial charge on any atom is 0.191 e. The number of halogens is 1. The molecule has 0 aliphatic heterocycles. The monoisotopic (exact) mass is 474 g/mol. The first-order chi connectivity index (χ1) is 12.2. The second-order valence-electron chi connectivity index (χ2n) is 6.72. The molecule has 0 amide bonds. The lowest BCUT2D eigenvalue weighted by Crippen LogP contribution is -2.43. The molecule has 0 spiro atoms. The number of methoxy groups -OCH3 is 1. The number of nitrogens with zero attached hydrogens (tertiary/aromatic N) is 2. The van der Waals surface area contributed by atoms with Crippen LogP contribution in [0, 0.1) is 0 Å². The lowest BCUT2D eigenvalue weighted by molar-refractivity contribution is 0.144. The Hall–Kier alpha value is -0.860. The molecule has 1 atom stereocenters. The molecular weight excluding hydrogens is 439 g/mol. The van der Waals surface area contributed by atoms with Gasteiger partial charge in [0.25, 0.3) is 0 Å². The van der Waals surface area contributed by atoms with E-state index in [0.29, 0.717) is 5.92 Å². The van der Waals surface area contributed by atoms with Crippen molar-refractivity contribution in [1.29, 1.82) is 0 Å². The second-order valence-corrected chi connectivity index (χ2v) is 6.72. The molecule has 0 heterocycles. The molecule has 1 aromatic rings. The topological polar surface area (TPSA) is 48.9 Å². The minimum absolute atomic E-state index is 0. The molecule has 0 saturated heterocycles. The van der Waals surface area contributed by atoms with E-state index in [9.17, 15) is 0 Å². The standard InChI is InChI=1S/C20H34N4O.HI/c1-4-21-20(23-16-17(2)18-8-6-5-7-9-18)22-12-13-24(14-15-25-3)19-10-11-19;/h5-9,17,19H,4,10-16H2,1-3H3,(H2,21,22,23);1H. The average Bonchev–Trinajstić information content (AvgIpc) is 3.48. The average molecular weight is 474 g/mol. The zero-order valence-electron chi connectivity index (χ0n) is 16.4. The van der Waals surface area contributed by atoms with E-state index in [0.717, 1.165) is 51.3 Å². The van der Waals surface area contributed by atoms with Gasteiger partial charge in [-0.3, -0.25) is 9.89 Å². The summed E-state index contributed by atoms with van der Waals surface area (Å²) in [5, 5.41) is 6.82. The molecule has 1 saturated carbocycles. The van der Waals surface area contributed by atoms with E-state index >= 15 is 0 Å². The Balaban J connectivity index is 0.00000338. The molecule has 2 N–H and O–H groups in total. The SMILES string of the molecule is CCNC(=NCC(C)c1ccccc1)NCCN(CCOC)C1CC1.I. The highest BCUT2D eigenvalue weighted by atomic mass is 127. The summed E-state index contributed by atoms with van der Waals surface area (Å²) in [6.07, 6.45) is 2.65. The van der Waals surface area contributed by atoms with Crippen LogP contribution in [0.5, 0.6) is 0 Å². The summed E-state index contributed by atoms with van der Waals surface area (Å²) in [6, 6.07) is 11.3. The molecule has 0 radical (unpaired) electrons. The lowest BCUT2D eigenvalue weighted by Gasteiger charge is -2.22. The van der Waals surface area contributed by atoms with E-state index in [1.54, 1.807) is 7.11 Å². The molecule has 1 aromatic carbocycles. The third kappa shape index (κ3) is 8.68. The molecule has 0 bridgehead atoms. The van der Waals surface area contributed by atoms with Crippen molar-refractivity contribution in [3.8, 4) is 0 Å². The Bertz CT molecular complexity index is 508. The van der Waals surface area contributed by atoms with Crippen LogP contribution in [-0.2, 0) is 4.74 Å². The molecule has 1 unspecified atom stereocenters. The van der Waals surface area contributed by atoms with Crippen molar-refractivity contribution in [3.05, 3.63) is 35.9 Å². The van der Waals surface area contributed by atoms with Gasteiger partial charge >= 0.3 is 0 Å². The van der Waals surface area contributed by atoms with Gasteiger partial charge in [-0.05, 0) is 25.3 Å². The first kappa shape index (κ1) is 23.2. The van der Waals surface area contributed by atoms with Gasteiger partial charge in [0.05, 0.1) is 6.61 Å². The van der Waals surface area contributed by atoms with Gasteiger partial charge in [-0.1, -0.05) is 37.3 Å². The van der Waals surface area contributed by atoms with Gasteiger partial charge in [0.15, 0.2) is 5.96 Å². The van der Waals surface area contributed by atoms with E-state index in [4.69, 9.17) is 9.73 Å². The quantitative estimate of drug-likeness (QED) is 0.294. The molecular formula is C20H35IN4O. The number of ether oxygens (including phenoxy) is 1. The zero-order valence-corrected chi connectivity index (χ0v) is 18.7. The van der Waals surface area contributed by atoms with Gasteiger partial charge in [0.1, 0.15) is 0 Å². The maximum absolute atomic E-state index is 5.23.